The van der Waals surface area contributed by atoms with Crippen LogP contribution in [-0.2, 0) is 6.18 Å². The minimum Gasteiger partial charge on any atom is -0.478 e. The molecular weight excluding hydrogens is 278 g/mol. The highest BCUT2D eigenvalue weighted by molar-refractivity contribution is 5.96. The number of aromatic nitrogens is 1. The van der Waals surface area contributed by atoms with Crippen molar-refractivity contribution in [2.45, 2.75) is 6.18 Å². The van der Waals surface area contributed by atoms with Crippen molar-refractivity contribution in [2.75, 3.05) is 0 Å². The molecule has 7 heteroatoms. The number of aromatic carboxylic acids is 1. The van der Waals surface area contributed by atoms with Crippen molar-refractivity contribution < 1.29 is 27.5 Å². The number of pyridine rings is 1. The monoisotopic (exact) mass is 285 g/mol. The average molecular weight is 285 g/mol. The molecule has 0 aliphatic carbocycles. The molecule has 20 heavy (non-hydrogen) atoms. The van der Waals surface area contributed by atoms with Crippen LogP contribution in [0.2, 0.25) is 0 Å². The van der Waals surface area contributed by atoms with Crippen LogP contribution in [0.1, 0.15) is 15.9 Å². The van der Waals surface area contributed by atoms with Crippen molar-refractivity contribution in [3.8, 4) is 11.1 Å². The van der Waals surface area contributed by atoms with E-state index in [1.54, 1.807) is 0 Å². The first-order valence-electron chi connectivity index (χ1n) is 5.36. The summed E-state index contributed by atoms with van der Waals surface area (Å²) >= 11 is 0. The van der Waals surface area contributed by atoms with Crippen LogP contribution in [0.25, 0.3) is 11.1 Å². The zero-order valence-electron chi connectivity index (χ0n) is 9.78. The maximum Gasteiger partial charge on any atom is 0.417 e. The summed E-state index contributed by atoms with van der Waals surface area (Å²) in [5.41, 5.74) is -2.92. The molecule has 0 saturated carbocycles. The van der Waals surface area contributed by atoms with E-state index in [9.17, 15) is 22.4 Å². The zero-order valence-corrected chi connectivity index (χ0v) is 9.78. The standard InChI is InChI=1S/C13H7F4NO2/c14-11-10(8(12(19)20)5-6-18-11)7-3-1-2-4-9(7)13(15,16)17/h1-6H,(H,19,20). The largest absolute Gasteiger partial charge is 0.478 e. The van der Waals surface area contributed by atoms with Gasteiger partial charge in [-0.15, -0.1) is 0 Å². The Labute approximate surface area is 110 Å². The number of rotatable bonds is 2. The molecule has 2 aromatic rings. The van der Waals surface area contributed by atoms with Crippen LogP contribution in [-0.4, -0.2) is 16.1 Å². The van der Waals surface area contributed by atoms with Gasteiger partial charge in [-0.05, 0) is 17.7 Å². The Bertz CT molecular complexity index is 668. The highest BCUT2D eigenvalue weighted by Crippen LogP contribution is 2.38. The molecule has 2 rings (SSSR count). The molecule has 1 heterocycles. The summed E-state index contributed by atoms with van der Waals surface area (Å²) in [6.45, 7) is 0. The van der Waals surface area contributed by atoms with E-state index in [2.05, 4.69) is 4.98 Å². The van der Waals surface area contributed by atoms with Gasteiger partial charge in [0.05, 0.1) is 16.7 Å². The summed E-state index contributed by atoms with van der Waals surface area (Å²) in [4.78, 5) is 14.3. The fourth-order valence-electron chi connectivity index (χ4n) is 1.82. The Morgan fingerprint density at radius 2 is 1.80 bits per heavy atom. The summed E-state index contributed by atoms with van der Waals surface area (Å²) in [7, 11) is 0. The first-order chi connectivity index (χ1) is 9.32. The predicted octanol–water partition coefficient (Wildman–Crippen LogP) is 3.60. The highest BCUT2D eigenvalue weighted by atomic mass is 19.4. The van der Waals surface area contributed by atoms with E-state index in [1.807, 2.05) is 0 Å². The topological polar surface area (TPSA) is 50.2 Å². The van der Waals surface area contributed by atoms with Gasteiger partial charge in [0.2, 0.25) is 5.95 Å². The molecule has 1 aromatic heterocycles. The zero-order chi connectivity index (χ0) is 14.9. The van der Waals surface area contributed by atoms with E-state index in [-0.39, 0.29) is 0 Å². The van der Waals surface area contributed by atoms with Crippen LogP contribution < -0.4 is 0 Å². The van der Waals surface area contributed by atoms with Crippen molar-refractivity contribution >= 4 is 5.97 Å². The Morgan fingerprint density at radius 1 is 1.15 bits per heavy atom. The number of halogens is 4. The van der Waals surface area contributed by atoms with Crippen LogP contribution >= 0.6 is 0 Å². The molecule has 0 unspecified atom stereocenters. The van der Waals surface area contributed by atoms with Crippen molar-refractivity contribution in [3.05, 3.63) is 53.6 Å². The maximum atomic E-state index is 13.7. The molecule has 3 nitrogen and oxygen atoms in total. The van der Waals surface area contributed by atoms with Crippen LogP contribution in [0.3, 0.4) is 0 Å². The highest BCUT2D eigenvalue weighted by Gasteiger charge is 2.35. The lowest BCUT2D eigenvalue weighted by molar-refractivity contribution is -0.137. The minimum absolute atomic E-state index is 0.553. The van der Waals surface area contributed by atoms with Crippen LogP contribution in [0.15, 0.2) is 36.5 Å². The molecule has 0 aliphatic rings. The van der Waals surface area contributed by atoms with Crippen molar-refractivity contribution in [2.24, 2.45) is 0 Å². The van der Waals surface area contributed by atoms with E-state index in [1.165, 1.54) is 6.07 Å². The van der Waals surface area contributed by atoms with E-state index >= 15 is 0 Å². The minimum atomic E-state index is -4.73. The first-order valence-corrected chi connectivity index (χ1v) is 5.36. The fourth-order valence-corrected chi connectivity index (χ4v) is 1.82. The molecule has 0 radical (unpaired) electrons. The molecule has 0 bridgehead atoms. The number of hydrogen-bond donors (Lipinski definition) is 1. The third-order valence-electron chi connectivity index (χ3n) is 2.64. The number of benzene rings is 1. The lowest BCUT2D eigenvalue weighted by Gasteiger charge is -2.14. The van der Waals surface area contributed by atoms with Crippen molar-refractivity contribution in [3.63, 3.8) is 0 Å². The maximum absolute atomic E-state index is 13.7. The van der Waals surface area contributed by atoms with Gasteiger partial charge in [-0.3, -0.25) is 0 Å². The summed E-state index contributed by atoms with van der Waals surface area (Å²) in [5.74, 6) is -2.79. The Hall–Kier alpha value is -2.44. The molecule has 0 amide bonds. The van der Waals surface area contributed by atoms with Gasteiger partial charge in [0.1, 0.15) is 0 Å². The van der Waals surface area contributed by atoms with Crippen molar-refractivity contribution in [1.29, 1.82) is 0 Å². The fraction of sp³-hybridized carbons (Fsp3) is 0.0769. The molecular formula is C13H7F4NO2. The Morgan fingerprint density at radius 3 is 2.40 bits per heavy atom. The molecule has 0 spiro atoms. The van der Waals surface area contributed by atoms with Gasteiger partial charge < -0.3 is 5.11 Å². The van der Waals surface area contributed by atoms with E-state index in [0.717, 1.165) is 30.5 Å². The molecule has 0 aliphatic heterocycles. The normalized spacial score (nSPS) is 11.4. The lowest BCUT2D eigenvalue weighted by atomic mass is 9.96. The summed E-state index contributed by atoms with van der Waals surface area (Å²) < 4.78 is 52.4. The number of carboxylic acid groups (broad SMARTS) is 1. The van der Waals surface area contributed by atoms with Crippen LogP contribution in [0.4, 0.5) is 17.6 Å². The first kappa shape index (κ1) is 14.0. The molecule has 0 atom stereocenters. The van der Waals surface area contributed by atoms with Gasteiger partial charge in [-0.25, -0.2) is 9.78 Å². The SMILES string of the molecule is O=C(O)c1ccnc(F)c1-c1ccccc1C(F)(F)F. The second-order valence-corrected chi connectivity index (χ2v) is 3.87. The Balaban J connectivity index is 2.79. The number of hydrogen-bond acceptors (Lipinski definition) is 2. The van der Waals surface area contributed by atoms with Gasteiger partial charge in [0, 0.05) is 6.20 Å². The van der Waals surface area contributed by atoms with Gasteiger partial charge >= 0.3 is 12.1 Å². The van der Waals surface area contributed by atoms with E-state index in [4.69, 9.17) is 5.11 Å². The second kappa shape index (κ2) is 4.92. The summed E-state index contributed by atoms with van der Waals surface area (Å²) in [6.07, 6.45) is -3.84. The number of nitrogens with zero attached hydrogens (tertiary/aromatic N) is 1. The Kier molecular flexibility index (Phi) is 3.44. The number of carboxylic acids is 1. The number of carbonyl (C=O) groups is 1. The second-order valence-electron chi connectivity index (χ2n) is 3.87. The molecule has 0 fully saturated rings. The van der Waals surface area contributed by atoms with Crippen LogP contribution in [0.5, 0.6) is 0 Å². The predicted molar refractivity (Wildman–Crippen MR) is 61.6 cm³/mol. The quantitative estimate of drug-likeness (QED) is 0.677. The van der Waals surface area contributed by atoms with Crippen LogP contribution in [0, 0.1) is 5.95 Å². The molecule has 0 saturated heterocycles. The van der Waals surface area contributed by atoms with Gasteiger partial charge in [0.15, 0.2) is 0 Å². The third kappa shape index (κ3) is 2.47. The smallest absolute Gasteiger partial charge is 0.417 e. The number of alkyl halides is 3. The third-order valence-corrected chi connectivity index (χ3v) is 2.64. The summed E-state index contributed by atoms with van der Waals surface area (Å²) in [5, 5.41) is 8.97. The van der Waals surface area contributed by atoms with Gasteiger partial charge in [-0.1, -0.05) is 18.2 Å². The van der Waals surface area contributed by atoms with E-state index < -0.39 is 40.3 Å². The molecule has 1 aromatic carbocycles. The molecule has 1 N–H and O–H groups in total. The van der Waals surface area contributed by atoms with Gasteiger partial charge in [-0.2, -0.15) is 17.6 Å². The van der Waals surface area contributed by atoms with E-state index in [0.29, 0.717) is 0 Å². The van der Waals surface area contributed by atoms with Crippen molar-refractivity contribution in [1.82, 2.24) is 4.98 Å². The molecule has 104 valence electrons. The average Bonchev–Trinajstić information content (AvgIpc) is 2.37. The van der Waals surface area contributed by atoms with Gasteiger partial charge in [0.25, 0.3) is 0 Å². The summed E-state index contributed by atoms with van der Waals surface area (Å²) in [6, 6.07) is 5.13. The lowest BCUT2D eigenvalue weighted by Crippen LogP contribution is -2.10.